The Kier molecular flexibility index (Phi) is 3.09. The molecule has 1 aliphatic heterocycles. The zero-order chi connectivity index (χ0) is 13.6. The van der Waals surface area contributed by atoms with Gasteiger partial charge in [0.05, 0.1) is 11.3 Å². The molecule has 0 aromatic carbocycles. The number of nitrogens with zero attached hydrogens (tertiary/aromatic N) is 3. The molecular weight excluding hydrogens is 270 g/mol. The average Bonchev–Trinajstić information content (AvgIpc) is 3.00. The van der Waals surface area contributed by atoms with Gasteiger partial charge in [0, 0.05) is 43.3 Å². The van der Waals surface area contributed by atoms with E-state index in [1.54, 1.807) is 11.3 Å². The highest BCUT2D eigenvalue weighted by molar-refractivity contribution is 7.15. The Hall–Kier alpha value is -0.910. The van der Waals surface area contributed by atoms with Crippen molar-refractivity contribution in [3.05, 3.63) is 23.5 Å². The van der Waals surface area contributed by atoms with E-state index < -0.39 is 0 Å². The van der Waals surface area contributed by atoms with Crippen LogP contribution in [0.25, 0.3) is 4.96 Å². The summed E-state index contributed by atoms with van der Waals surface area (Å²) in [4.78, 5) is 8.21. The van der Waals surface area contributed by atoms with Gasteiger partial charge in [-0.1, -0.05) is 12.8 Å². The molecule has 108 valence electrons. The third-order valence-corrected chi connectivity index (χ3v) is 5.81. The van der Waals surface area contributed by atoms with E-state index in [2.05, 4.69) is 32.1 Å². The quantitative estimate of drug-likeness (QED) is 0.924. The van der Waals surface area contributed by atoms with E-state index in [-0.39, 0.29) is 5.60 Å². The molecule has 2 unspecified atom stereocenters. The van der Waals surface area contributed by atoms with Crippen LogP contribution in [0.5, 0.6) is 0 Å². The molecular formula is C15H21N3OS. The molecule has 2 aromatic heterocycles. The second kappa shape index (κ2) is 4.83. The lowest BCUT2D eigenvalue weighted by Crippen LogP contribution is -2.52. The Balaban J connectivity index is 1.46. The predicted molar refractivity (Wildman–Crippen MR) is 79.9 cm³/mol. The molecule has 1 aliphatic carbocycles. The van der Waals surface area contributed by atoms with Crippen molar-refractivity contribution in [1.82, 2.24) is 14.3 Å². The van der Waals surface area contributed by atoms with Crippen molar-refractivity contribution in [3.8, 4) is 0 Å². The molecule has 0 radical (unpaired) electrons. The molecule has 0 amide bonds. The Labute approximate surface area is 123 Å². The molecule has 4 nitrogen and oxygen atoms in total. The Morgan fingerprint density at radius 3 is 3.25 bits per heavy atom. The van der Waals surface area contributed by atoms with Gasteiger partial charge in [0.25, 0.3) is 0 Å². The van der Waals surface area contributed by atoms with Gasteiger partial charge in [-0.2, -0.15) is 0 Å². The van der Waals surface area contributed by atoms with Crippen molar-refractivity contribution in [3.63, 3.8) is 0 Å². The maximum atomic E-state index is 10.7. The van der Waals surface area contributed by atoms with Gasteiger partial charge in [-0.05, 0) is 19.3 Å². The molecule has 1 N–H and O–H groups in total. The lowest BCUT2D eigenvalue weighted by molar-refractivity contribution is -0.0969. The van der Waals surface area contributed by atoms with E-state index in [4.69, 9.17) is 0 Å². The SMILES string of the molecule is OC12CCCCC1CN(Cc1cn3ccsc3n1)CC2. The monoisotopic (exact) mass is 291 g/mol. The number of aromatic nitrogens is 2. The summed E-state index contributed by atoms with van der Waals surface area (Å²) in [6, 6.07) is 0. The maximum Gasteiger partial charge on any atom is 0.193 e. The van der Waals surface area contributed by atoms with Crippen molar-refractivity contribution in [2.45, 2.75) is 44.2 Å². The number of fused-ring (bicyclic) bond motifs is 2. The summed E-state index contributed by atoms with van der Waals surface area (Å²) in [5, 5.41) is 12.8. The van der Waals surface area contributed by atoms with Crippen LogP contribution in [0.3, 0.4) is 0 Å². The summed E-state index contributed by atoms with van der Waals surface area (Å²) in [6.45, 7) is 2.95. The van der Waals surface area contributed by atoms with Crippen LogP contribution in [0.2, 0.25) is 0 Å². The molecule has 2 fully saturated rings. The minimum absolute atomic E-state index is 0.372. The van der Waals surface area contributed by atoms with Crippen LogP contribution >= 0.6 is 11.3 Å². The number of likely N-dealkylation sites (tertiary alicyclic amines) is 1. The van der Waals surface area contributed by atoms with Gasteiger partial charge in [-0.15, -0.1) is 11.3 Å². The molecule has 20 heavy (non-hydrogen) atoms. The predicted octanol–water partition coefficient (Wildman–Crippen LogP) is 2.52. The second-order valence-corrected chi connectivity index (χ2v) is 7.23. The maximum absolute atomic E-state index is 10.7. The number of aliphatic hydroxyl groups is 1. The van der Waals surface area contributed by atoms with Gasteiger partial charge in [0.15, 0.2) is 4.96 Å². The summed E-state index contributed by atoms with van der Waals surface area (Å²) >= 11 is 1.68. The van der Waals surface area contributed by atoms with E-state index >= 15 is 0 Å². The van der Waals surface area contributed by atoms with Crippen molar-refractivity contribution >= 4 is 16.3 Å². The highest BCUT2D eigenvalue weighted by Gasteiger charge is 2.42. The summed E-state index contributed by atoms with van der Waals surface area (Å²) < 4.78 is 2.10. The largest absolute Gasteiger partial charge is 0.390 e. The zero-order valence-electron chi connectivity index (χ0n) is 11.7. The summed E-state index contributed by atoms with van der Waals surface area (Å²) in [5.41, 5.74) is 0.779. The van der Waals surface area contributed by atoms with E-state index in [0.717, 1.165) is 43.1 Å². The second-order valence-electron chi connectivity index (χ2n) is 6.36. The Morgan fingerprint density at radius 2 is 2.35 bits per heavy atom. The normalized spacial score (nSPS) is 31.6. The van der Waals surface area contributed by atoms with Crippen molar-refractivity contribution in [1.29, 1.82) is 0 Å². The first-order valence-corrected chi connectivity index (χ1v) is 8.47. The number of thiazole rings is 1. The van der Waals surface area contributed by atoms with E-state index in [0.29, 0.717) is 5.92 Å². The fraction of sp³-hybridized carbons (Fsp3) is 0.667. The van der Waals surface area contributed by atoms with Gasteiger partial charge >= 0.3 is 0 Å². The minimum atomic E-state index is -0.372. The summed E-state index contributed by atoms with van der Waals surface area (Å²) in [6.07, 6.45) is 9.79. The topological polar surface area (TPSA) is 40.8 Å². The van der Waals surface area contributed by atoms with Crippen LogP contribution in [0.4, 0.5) is 0 Å². The molecule has 5 heteroatoms. The fourth-order valence-electron chi connectivity index (χ4n) is 3.86. The van der Waals surface area contributed by atoms with Gasteiger partial charge in [-0.25, -0.2) is 4.98 Å². The molecule has 1 saturated carbocycles. The zero-order valence-corrected chi connectivity index (χ0v) is 12.5. The molecule has 1 saturated heterocycles. The van der Waals surface area contributed by atoms with E-state index in [1.165, 1.54) is 19.3 Å². The molecule has 4 rings (SSSR count). The number of hydrogen-bond acceptors (Lipinski definition) is 4. The Morgan fingerprint density at radius 1 is 1.40 bits per heavy atom. The molecule has 2 aliphatic rings. The standard InChI is InChI=1S/C15H21N3OS/c19-15-4-2-1-3-12(15)9-17(6-5-15)10-13-11-18-7-8-20-14(18)16-13/h7-8,11-12,19H,1-6,9-10H2. The summed E-state index contributed by atoms with van der Waals surface area (Å²) in [5.74, 6) is 0.466. The van der Waals surface area contributed by atoms with E-state index in [1.807, 2.05) is 0 Å². The van der Waals surface area contributed by atoms with Gasteiger partial charge < -0.3 is 5.11 Å². The van der Waals surface area contributed by atoms with Crippen LogP contribution in [0, 0.1) is 5.92 Å². The van der Waals surface area contributed by atoms with E-state index in [9.17, 15) is 5.11 Å². The van der Waals surface area contributed by atoms with Crippen molar-refractivity contribution in [2.24, 2.45) is 5.92 Å². The highest BCUT2D eigenvalue weighted by atomic mass is 32.1. The van der Waals surface area contributed by atoms with Crippen LogP contribution in [0.15, 0.2) is 17.8 Å². The van der Waals surface area contributed by atoms with Gasteiger partial charge in [0.1, 0.15) is 0 Å². The lowest BCUT2D eigenvalue weighted by atomic mass is 9.71. The number of imidazole rings is 1. The van der Waals surface area contributed by atoms with Crippen LogP contribution in [0.1, 0.15) is 37.8 Å². The molecule has 2 atom stereocenters. The van der Waals surface area contributed by atoms with Crippen molar-refractivity contribution < 1.29 is 5.11 Å². The lowest BCUT2D eigenvalue weighted by Gasteiger charge is -2.47. The summed E-state index contributed by atoms with van der Waals surface area (Å²) in [7, 11) is 0. The van der Waals surface area contributed by atoms with Gasteiger partial charge in [-0.3, -0.25) is 9.30 Å². The fourth-order valence-corrected chi connectivity index (χ4v) is 4.58. The first kappa shape index (κ1) is 12.8. The first-order chi connectivity index (χ1) is 9.73. The average molecular weight is 291 g/mol. The highest BCUT2D eigenvalue weighted by Crippen LogP contribution is 2.39. The van der Waals surface area contributed by atoms with Gasteiger partial charge in [0.2, 0.25) is 0 Å². The minimum Gasteiger partial charge on any atom is -0.390 e. The van der Waals surface area contributed by atoms with Crippen LogP contribution in [-0.2, 0) is 6.54 Å². The van der Waals surface area contributed by atoms with Crippen LogP contribution in [-0.4, -0.2) is 38.1 Å². The number of rotatable bonds is 2. The molecule has 0 spiro atoms. The number of hydrogen-bond donors (Lipinski definition) is 1. The molecule has 3 heterocycles. The van der Waals surface area contributed by atoms with Crippen LogP contribution < -0.4 is 0 Å². The molecule has 2 aromatic rings. The third-order valence-electron chi connectivity index (χ3n) is 5.04. The number of piperidine rings is 1. The molecule has 0 bridgehead atoms. The van der Waals surface area contributed by atoms with Crippen molar-refractivity contribution in [2.75, 3.05) is 13.1 Å². The first-order valence-electron chi connectivity index (χ1n) is 7.59. The third kappa shape index (κ3) is 2.18. The Bertz CT molecular complexity index is 579. The smallest absolute Gasteiger partial charge is 0.193 e.